The lowest BCUT2D eigenvalue weighted by Gasteiger charge is -2.08. The first-order valence-corrected chi connectivity index (χ1v) is 6.14. The first-order chi connectivity index (χ1) is 9.60. The lowest BCUT2D eigenvalue weighted by atomic mass is 10.1. The summed E-state index contributed by atoms with van der Waals surface area (Å²) in [6, 6.07) is 6.84. The molecule has 0 atom stereocenters. The van der Waals surface area contributed by atoms with Gasteiger partial charge < -0.3 is 14.6 Å². The Bertz CT molecular complexity index is 634. The molecule has 0 radical (unpaired) electrons. The molecule has 106 valence electrons. The molecule has 0 spiro atoms. The van der Waals surface area contributed by atoms with E-state index in [9.17, 15) is 4.79 Å². The van der Waals surface area contributed by atoms with E-state index in [4.69, 9.17) is 14.6 Å². The molecule has 20 heavy (non-hydrogen) atoms. The number of aromatic nitrogens is 2. The Hall–Kier alpha value is -2.50. The van der Waals surface area contributed by atoms with Crippen LogP contribution < -0.4 is 9.47 Å². The first-order valence-electron chi connectivity index (χ1n) is 6.14. The second-order valence-corrected chi connectivity index (χ2v) is 4.10. The van der Waals surface area contributed by atoms with Gasteiger partial charge in [-0.2, -0.15) is 5.10 Å². The van der Waals surface area contributed by atoms with Crippen LogP contribution in [0.15, 0.2) is 24.3 Å². The van der Waals surface area contributed by atoms with Crippen LogP contribution in [0.2, 0.25) is 0 Å². The zero-order valence-electron chi connectivity index (χ0n) is 11.6. The maximum Gasteiger partial charge on any atom is 0.354 e. The van der Waals surface area contributed by atoms with Crippen molar-refractivity contribution in [1.29, 1.82) is 0 Å². The molecular weight excluding hydrogens is 260 g/mol. The highest BCUT2D eigenvalue weighted by Crippen LogP contribution is 2.33. The van der Waals surface area contributed by atoms with Gasteiger partial charge in [-0.15, -0.1) is 0 Å². The summed E-state index contributed by atoms with van der Waals surface area (Å²) in [6.45, 7) is 2.32. The van der Waals surface area contributed by atoms with Crippen molar-refractivity contribution in [2.75, 3.05) is 14.2 Å². The number of benzene rings is 1. The van der Waals surface area contributed by atoms with Crippen molar-refractivity contribution in [2.24, 2.45) is 0 Å². The predicted octanol–water partition coefficient (Wildman–Crippen LogP) is 2.29. The van der Waals surface area contributed by atoms with Gasteiger partial charge in [0.25, 0.3) is 0 Å². The van der Waals surface area contributed by atoms with Crippen LogP contribution in [-0.4, -0.2) is 35.1 Å². The van der Waals surface area contributed by atoms with Crippen LogP contribution in [-0.2, 0) is 6.54 Å². The molecule has 1 aromatic heterocycles. The van der Waals surface area contributed by atoms with Crippen LogP contribution in [0.25, 0.3) is 11.3 Å². The Balaban J connectivity index is 2.58. The first kappa shape index (κ1) is 13.9. The van der Waals surface area contributed by atoms with Gasteiger partial charge in [-0.05, 0) is 31.2 Å². The maximum atomic E-state index is 11.2. The molecule has 0 aliphatic heterocycles. The average molecular weight is 276 g/mol. The molecule has 0 saturated heterocycles. The van der Waals surface area contributed by atoms with Gasteiger partial charge in [0.05, 0.1) is 19.9 Å². The molecule has 2 aromatic rings. The van der Waals surface area contributed by atoms with Crippen molar-refractivity contribution in [2.45, 2.75) is 13.5 Å². The number of carboxylic acids is 1. The van der Waals surface area contributed by atoms with E-state index < -0.39 is 5.97 Å². The van der Waals surface area contributed by atoms with Crippen molar-refractivity contribution in [3.05, 3.63) is 30.0 Å². The lowest BCUT2D eigenvalue weighted by molar-refractivity contribution is 0.0683. The number of nitrogens with zero attached hydrogens (tertiary/aromatic N) is 2. The Morgan fingerprint density at radius 2 is 2.05 bits per heavy atom. The lowest BCUT2D eigenvalue weighted by Crippen LogP contribution is -2.08. The molecule has 6 nitrogen and oxygen atoms in total. The fourth-order valence-corrected chi connectivity index (χ4v) is 1.98. The number of aromatic carboxylic acids is 1. The molecule has 0 aliphatic carbocycles. The zero-order chi connectivity index (χ0) is 14.7. The summed E-state index contributed by atoms with van der Waals surface area (Å²) in [5.74, 6) is 0.264. The Morgan fingerprint density at radius 3 is 2.55 bits per heavy atom. The summed E-state index contributed by atoms with van der Waals surface area (Å²) in [7, 11) is 3.12. The standard InChI is InChI=1S/C14H16N2O4/c1-4-16-12(14(17)18)8-11(15-16)10-7-9(19-2)5-6-13(10)20-3/h5-8H,4H2,1-3H3,(H,17,18). The minimum Gasteiger partial charge on any atom is -0.497 e. The van der Waals surface area contributed by atoms with Crippen molar-refractivity contribution in [3.63, 3.8) is 0 Å². The van der Waals surface area contributed by atoms with Gasteiger partial charge in [0.15, 0.2) is 0 Å². The van der Waals surface area contributed by atoms with Crippen molar-refractivity contribution in [3.8, 4) is 22.8 Å². The molecular formula is C14H16N2O4. The number of rotatable bonds is 5. The number of carbonyl (C=O) groups is 1. The van der Waals surface area contributed by atoms with Gasteiger partial charge in [-0.1, -0.05) is 0 Å². The molecule has 0 bridgehead atoms. The molecule has 1 N–H and O–H groups in total. The molecule has 6 heteroatoms. The Kier molecular flexibility index (Phi) is 3.93. The normalized spacial score (nSPS) is 10.3. The zero-order valence-corrected chi connectivity index (χ0v) is 11.6. The van der Waals surface area contributed by atoms with E-state index in [1.165, 1.54) is 10.7 Å². The van der Waals surface area contributed by atoms with Gasteiger partial charge >= 0.3 is 5.97 Å². The highest BCUT2D eigenvalue weighted by Gasteiger charge is 2.17. The van der Waals surface area contributed by atoms with Gasteiger partial charge in [-0.3, -0.25) is 4.68 Å². The van der Waals surface area contributed by atoms with Crippen molar-refractivity contribution < 1.29 is 19.4 Å². The Morgan fingerprint density at radius 1 is 1.30 bits per heavy atom. The Labute approximate surface area is 116 Å². The number of carboxylic acid groups (broad SMARTS) is 1. The van der Waals surface area contributed by atoms with Crippen molar-refractivity contribution in [1.82, 2.24) is 9.78 Å². The van der Waals surface area contributed by atoms with Crippen LogP contribution in [0, 0.1) is 0 Å². The monoisotopic (exact) mass is 276 g/mol. The molecule has 0 fully saturated rings. The van der Waals surface area contributed by atoms with Crippen molar-refractivity contribution >= 4 is 5.97 Å². The largest absolute Gasteiger partial charge is 0.497 e. The average Bonchev–Trinajstić information content (AvgIpc) is 2.90. The summed E-state index contributed by atoms with van der Waals surface area (Å²) in [5, 5.41) is 13.5. The van der Waals surface area contributed by atoms with E-state index in [0.29, 0.717) is 29.3 Å². The van der Waals surface area contributed by atoms with Crippen LogP contribution in [0.1, 0.15) is 17.4 Å². The third-order valence-electron chi connectivity index (χ3n) is 2.98. The minimum absolute atomic E-state index is 0.146. The number of hydrogen-bond donors (Lipinski definition) is 1. The van der Waals surface area contributed by atoms with E-state index in [-0.39, 0.29) is 5.69 Å². The third-order valence-corrected chi connectivity index (χ3v) is 2.98. The van der Waals surface area contributed by atoms with Crippen LogP contribution >= 0.6 is 0 Å². The van der Waals surface area contributed by atoms with Crippen LogP contribution in [0.5, 0.6) is 11.5 Å². The second kappa shape index (κ2) is 5.64. The van der Waals surface area contributed by atoms with Crippen LogP contribution in [0.4, 0.5) is 0 Å². The fraction of sp³-hybridized carbons (Fsp3) is 0.286. The fourth-order valence-electron chi connectivity index (χ4n) is 1.98. The maximum absolute atomic E-state index is 11.2. The number of hydrogen-bond acceptors (Lipinski definition) is 4. The van der Waals surface area contributed by atoms with E-state index in [0.717, 1.165) is 0 Å². The SMILES string of the molecule is CCn1nc(-c2cc(OC)ccc2OC)cc1C(=O)O. The molecule has 2 rings (SSSR count). The molecule has 1 aromatic carbocycles. The third kappa shape index (κ3) is 2.45. The quantitative estimate of drug-likeness (QED) is 0.907. The van der Waals surface area contributed by atoms with Gasteiger partial charge in [0.1, 0.15) is 17.2 Å². The van der Waals surface area contributed by atoms with E-state index in [1.807, 2.05) is 6.92 Å². The second-order valence-electron chi connectivity index (χ2n) is 4.10. The topological polar surface area (TPSA) is 73.6 Å². The molecule has 1 heterocycles. The van der Waals surface area contributed by atoms with E-state index in [1.54, 1.807) is 32.4 Å². The number of ether oxygens (including phenoxy) is 2. The molecule has 0 saturated carbocycles. The van der Waals surface area contributed by atoms with Gasteiger partial charge in [0.2, 0.25) is 0 Å². The van der Waals surface area contributed by atoms with Crippen LogP contribution in [0.3, 0.4) is 0 Å². The van der Waals surface area contributed by atoms with E-state index >= 15 is 0 Å². The number of aryl methyl sites for hydroxylation is 1. The summed E-state index contributed by atoms with van der Waals surface area (Å²) in [5.41, 5.74) is 1.38. The summed E-state index contributed by atoms with van der Waals surface area (Å²) in [6.07, 6.45) is 0. The number of methoxy groups -OCH3 is 2. The summed E-state index contributed by atoms with van der Waals surface area (Å²) < 4.78 is 11.9. The minimum atomic E-state index is -1.01. The summed E-state index contributed by atoms with van der Waals surface area (Å²) >= 11 is 0. The highest BCUT2D eigenvalue weighted by molar-refractivity contribution is 5.87. The van der Waals surface area contributed by atoms with Gasteiger partial charge in [-0.25, -0.2) is 4.79 Å². The summed E-state index contributed by atoms with van der Waals surface area (Å²) in [4.78, 5) is 11.2. The molecule has 0 aliphatic rings. The van der Waals surface area contributed by atoms with E-state index in [2.05, 4.69) is 5.10 Å². The highest BCUT2D eigenvalue weighted by atomic mass is 16.5. The molecule has 0 unspecified atom stereocenters. The smallest absolute Gasteiger partial charge is 0.354 e. The predicted molar refractivity (Wildman–Crippen MR) is 73.4 cm³/mol. The molecule has 0 amide bonds. The van der Waals surface area contributed by atoms with Gasteiger partial charge in [0, 0.05) is 12.1 Å².